The first-order chi connectivity index (χ1) is 9.74. The summed E-state index contributed by atoms with van der Waals surface area (Å²) in [4.78, 5) is 11.9. The maximum absolute atomic E-state index is 12.9. The van der Waals surface area contributed by atoms with Crippen LogP contribution in [0.2, 0.25) is 0 Å². The van der Waals surface area contributed by atoms with Gasteiger partial charge in [-0.25, -0.2) is 9.82 Å². The number of carbonyl (C=O) groups excluding carboxylic acids is 1. The first-order valence-electron chi connectivity index (χ1n) is 6.41. The minimum Gasteiger partial charge on any atom is -0.272 e. The highest BCUT2D eigenvalue weighted by molar-refractivity contribution is 6.06. The van der Waals surface area contributed by atoms with Crippen LogP contribution in [-0.4, -0.2) is 11.6 Å². The molecule has 0 aromatic heterocycles. The first kappa shape index (κ1) is 12.5. The average molecular weight is 268 g/mol. The molecular formula is C16H13FN2O. The Balaban J connectivity index is 1.89. The van der Waals surface area contributed by atoms with Crippen LogP contribution in [0.3, 0.4) is 0 Å². The summed E-state index contributed by atoms with van der Waals surface area (Å²) in [6, 6.07) is 15.7. The minimum absolute atomic E-state index is 0.109. The Kier molecular flexibility index (Phi) is 3.29. The summed E-state index contributed by atoms with van der Waals surface area (Å²) in [5, 5.41) is 4.08. The molecule has 0 saturated carbocycles. The van der Waals surface area contributed by atoms with Gasteiger partial charge in [-0.05, 0) is 23.3 Å². The second-order valence-electron chi connectivity index (χ2n) is 4.71. The van der Waals surface area contributed by atoms with Gasteiger partial charge in [0.15, 0.2) is 0 Å². The molecule has 0 saturated heterocycles. The van der Waals surface area contributed by atoms with Crippen molar-refractivity contribution < 1.29 is 9.18 Å². The van der Waals surface area contributed by atoms with Crippen LogP contribution >= 0.6 is 0 Å². The Hall–Kier alpha value is -2.49. The van der Waals surface area contributed by atoms with Crippen molar-refractivity contribution in [3.8, 4) is 0 Å². The third-order valence-corrected chi connectivity index (χ3v) is 3.39. The van der Waals surface area contributed by atoms with Gasteiger partial charge in [0.2, 0.25) is 5.91 Å². The zero-order valence-corrected chi connectivity index (χ0v) is 10.7. The average Bonchev–Trinajstić information content (AvgIpc) is 2.50. The van der Waals surface area contributed by atoms with Crippen LogP contribution in [0.4, 0.5) is 4.39 Å². The van der Waals surface area contributed by atoms with E-state index in [-0.39, 0.29) is 17.6 Å². The number of hydrazone groups is 1. The minimum atomic E-state index is -0.284. The van der Waals surface area contributed by atoms with Crippen LogP contribution in [0.15, 0.2) is 59.7 Å². The maximum Gasteiger partial charge on any atom is 0.248 e. The molecule has 4 heteroatoms. The Labute approximate surface area is 116 Å². The second kappa shape index (κ2) is 5.25. The molecular weight excluding hydrogens is 255 g/mol. The summed E-state index contributed by atoms with van der Waals surface area (Å²) in [6.45, 7) is 0. The standard InChI is InChI=1S/C16H13FN2O/c17-13-8-6-12(7-9-13)15-10-14(16(20)19-18-15)11-4-2-1-3-5-11/h1-9,14H,10H2,(H,19,20). The molecule has 1 aliphatic rings. The molecule has 0 aliphatic carbocycles. The van der Waals surface area contributed by atoms with Crippen molar-refractivity contribution in [3.63, 3.8) is 0 Å². The van der Waals surface area contributed by atoms with Gasteiger partial charge < -0.3 is 0 Å². The molecule has 2 aromatic rings. The summed E-state index contributed by atoms with van der Waals surface area (Å²) in [7, 11) is 0. The van der Waals surface area contributed by atoms with Gasteiger partial charge in [-0.1, -0.05) is 42.5 Å². The van der Waals surface area contributed by atoms with Gasteiger partial charge in [0.1, 0.15) is 5.82 Å². The van der Waals surface area contributed by atoms with Crippen LogP contribution in [0.1, 0.15) is 23.5 Å². The van der Waals surface area contributed by atoms with Crippen LogP contribution < -0.4 is 5.43 Å². The Morgan fingerprint density at radius 3 is 2.45 bits per heavy atom. The predicted octanol–water partition coefficient (Wildman–Crippen LogP) is 2.83. The molecule has 1 aliphatic heterocycles. The highest BCUT2D eigenvalue weighted by atomic mass is 19.1. The summed E-state index contributed by atoms with van der Waals surface area (Å²) < 4.78 is 12.9. The number of hydrogen-bond acceptors (Lipinski definition) is 2. The molecule has 3 rings (SSSR count). The zero-order valence-electron chi connectivity index (χ0n) is 10.7. The number of nitrogens with zero attached hydrogens (tertiary/aromatic N) is 1. The van der Waals surface area contributed by atoms with E-state index in [2.05, 4.69) is 10.5 Å². The Morgan fingerprint density at radius 1 is 1.05 bits per heavy atom. The number of hydrogen-bond donors (Lipinski definition) is 1. The highest BCUT2D eigenvalue weighted by Gasteiger charge is 2.26. The van der Waals surface area contributed by atoms with Crippen molar-refractivity contribution >= 4 is 11.6 Å². The second-order valence-corrected chi connectivity index (χ2v) is 4.71. The molecule has 0 bridgehead atoms. The lowest BCUT2D eigenvalue weighted by molar-refractivity contribution is -0.122. The van der Waals surface area contributed by atoms with Crippen LogP contribution in [-0.2, 0) is 4.79 Å². The summed E-state index contributed by atoms with van der Waals surface area (Å²) in [5.41, 5.74) is 5.10. The SMILES string of the molecule is O=C1NN=C(c2ccc(F)cc2)CC1c1ccccc1. The van der Waals surface area contributed by atoms with E-state index in [0.29, 0.717) is 6.42 Å². The van der Waals surface area contributed by atoms with E-state index in [0.717, 1.165) is 16.8 Å². The number of rotatable bonds is 2. The van der Waals surface area contributed by atoms with Crippen molar-refractivity contribution in [1.29, 1.82) is 0 Å². The number of benzene rings is 2. The largest absolute Gasteiger partial charge is 0.272 e. The molecule has 3 nitrogen and oxygen atoms in total. The van der Waals surface area contributed by atoms with Crippen molar-refractivity contribution in [1.82, 2.24) is 5.43 Å². The van der Waals surface area contributed by atoms with Crippen molar-refractivity contribution in [2.24, 2.45) is 5.10 Å². The fourth-order valence-corrected chi connectivity index (χ4v) is 2.31. The van der Waals surface area contributed by atoms with Gasteiger partial charge in [0.25, 0.3) is 0 Å². The van der Waals surface area contributed by atoms with Gasteiger partial charge in [-0.15, -0.1) is 0 Å². The lowest BCUT2D eigenvalue weighted by Gasteiger charge is -2.21. The smallest absolute Gasteiger partial charge is 0.248 e. The Morgan fingerprint density at radius 2 is 1.75 bits per heavy atom. The van der Waals surface area contributed by atoms with Gasteiger partial charge >= 0.3 is 0 Å². The number of carbonyl (C=O) groups is 1. The molecule has 1 heterocycles. The van der Waals surface area contributed by atoms with E-state index in [9.17, 15) is 9.18 Å². The topological polar surface area (TPSA) is 41.5 Å². The van der Waals surface area contributed by atoms with Gasteiger partial charge in [-0.3, -0.25) is 4.79 Å². The van der Waals surface area contributed by atoms with Crippen LogP contribution in [0, 0.1) is 5.82 Å². The third kappa shape index (κ3) is 2.45. The lowest BCUT2D eigenvalue weighted by Crippen LogP contribution is -2.33. The van der Waals surface area contributed by atoms with E-state index < -0.39 is 0 Å². The summed E-state index contributed by atoms with van der Waals surface area (Å²) >= 11 is 0. The highest BCUT2D eigenvalue weighted by Crippen LogP contribution is 2.25. The van der Waals surface area contributed by atoms with E-state index in [4.69, 9.17) is 0 Å². The first-order valence-corrected chi connectivity index (χ1v) is 6.41. The van der Waals surface area contributed by atoms with Crippen molar-refractivity contribution in [2.75, 3.05) is 0 Å². The number of amides is 1. The Bertz CT molecular complexity index is 650. The fraction of sp³-hybridized carbons (Fsp3) is 0.125. The van der Waals surface area contributed by atoms with E-state index in [1.54, 1.807) is 12.1 Å². The molecule has 20 heavy (non-hydrogen) atoms. The molecule has 100 valence electrons. The van der Waals surface area contributed by atoms with Gasteiger partial charge in [-0.2, -0.15) is 5.10 Å². The zero-order chi connectivity index (χ0) is 13.9. The molecule has 2 aromatic carbocycles. The summed E-state index contributed by atoms with van der Waals surface area (Å²) in [5.74, 6) is -0.649. The van der Waals surface area contributed by atoms with E-state index in [1.165, 1.54) is 12.1 Å². The molecule has 1 atom stereocenters. The fourth-order valence-electron chi connectivity index (χ4n) is 2.31. The maximum atomic E-state index is 12.9. The lowest BCUT2D eigenvalue weighted by atomic mass is 9.89. The van der Waals surface area contributed by atoms with Crippen molar-refractivity contribution in [3.05, 3.63) is 71.5 Å². The molecule has 0 fully saturated rings. The van der Waals surface area contributed by atoms with Gasteiger partial charge in [0, 0.05) is 6.42 Å². The predicted molar refractivity (Wildman–Crippen MR) is 74.9 cm³/mol. The van der Waals surface area contributed by atoms with Crippen LogP contribution in [0.25, 0.3) is 0 Å². The molecule has 0 spiro atoms. The quantitative estimate of drug-likeness (QED) is 0.894. The molecule has 0 radical (unpaired) electrons. The van der Waals surface area contributed by atoms with E-state index in [1.807, 2.05) is 30.3 Å². The van der Waals surface area contributed by atoms with Crippen molar-refractivity contribution in [2.45, 2.75) is 12.3 Å². The van der Waals surface area contributed by atoms with Gasteiger partial charge in [0.05, 0.1) is 11.6 Å². The van der Waals surface area contributed by atoms with Crippen LogP contribution in [0.5, 0.6) is 0 Å². The molecule has 1 N–H and O–H groups in total. The monoisotopic (exact) mass is 268 g/mol. The summed E-state index contributed by atoms with van der Waals surface area (Å²) in [6.07, 6.45) is 0.515. The number of nitrogens with one attached hydrogen (secondary N) is 1. The third-order valence-electron chi connectivity index (χ3n) is 3.39. The molecule has 1 unspecified atom stereocenters. The normalized spacial score (nSPS) is 18.4. The van der Waals surface area contributed by atoms with E-state index >= 15 is 0 Å². The number of halogens is 1. The molecule has 1 amide bonds.